The van der Waals surface area contributed by atoms with E-state index in [0.29, 0.717) is 0 Å². The molecule has 0 aliphatic carbocycles. The molecule has 0 heterocycles. The maximum absolute atomic E-state index is 13.4. The van der Waals surface area contributed by atoms with Gasteiger partial charge in [0.05, 0.1) is 11.7 Å². The zero-order chi connectivity index (χ0) is 13.9. The van der Waals surface area contributed by atoms with Gasteiger partial charge in [0.2, 0.25) is 0 Å². The zero-order valence-electron chi connectivity index (χ0n) is 10.7. The number of aliphatic hydroxyl groups is 1. The number of anilines is 1. The van der Waals surface area contributed by atoms with Crippen molar-refractivity contribution in [3.63, 3.8) is 0 Å². The highest BCUT2D eigenvalue weighted by atomic mass is 19.1. The van der Waals surface area contributed by atoms with Crippen LogP contribution in [0.3, 0.4) is 0 Å². The minimum Gasteiger partial charge on any atom is -0.459 e. The topological polar surface area (TPSA) is 72.5 Å². The summed E-state index contributed by atoms with van der Waals surface area (Å²) >= 11 is 0. The molecule has 0 aliphatic rings. The van der Waals surface area contributed by atoms with Crippen LogP contribution in [-0.4, -0.2) is 23.8 Å². The van der Waals surface area contributed by atoms with Gasteiger partial charge in [-0.2, -0.15) is 0 Å². The number of aliphatic hydroxyl groups excluding tert-OH is 1. The number of hydrogen-bond donors (Lipinski definition) is 2. The Balaban J connectivity index is 2.69. The first-order valence-corrected chi connectivity index (χ1v) is 5.62. The number of ether oxygens (including phenoxy) is 1. The van der Waals surface area contributed by atoms with Gasteiger partial charge in [0.1, 0.15) is 12.4 Å². The van der Waals surface area contributed by atoms with Gasteiger partial charge in [-0.1, -0.05) is 20.8 Å². The predicted molar refractivity (Wildman–Crippen MR) is 66.6 cm³/mol. The van der Waals surface area contributed by atoms with Crippen LogP contribution in [0, 0.1) is 11.2 Å². The lowest BCUT2D eigenvalue weighted by Gasteiger charge is -2.25. The van der Waals surface area contributed by atoms with Crippen LogP contribution in [0.15, 0.2) is 18.2 Å². The molecular weight excluding hydrogens is 237 g/mol. The smallest absolute Gasteiger partial charge is 0.341 e. The minimum absolute atomic E-state index is 0.184. The van der Waals surface area contributed by atoms with Crippen molar-refractivity contribution < 1.29 is 19.0 Å². The third-order valence-corrected chi connectivity index (χ3v) is 2.58. The Labute approximate surface area is 106 Å². The maximum Gasteiger partial charge on any atom is 0.341 e. The van der Waals surface area contributed by atoms with Crippen LogP contribution in [0.5, 0.6) is 0 Å². The molecule has 0 bridgehead atoms. The molecule has 1 rings (SSSR count). The number of carbonyl (C=O) groups is 1. The molecule has 0 aliphatic heterocycles. The van der Waals surface area contributed by atoms with Gasteiger partial charge < -0.3 is 15.6 Å². The van der Waals surface area contributed by atoms with Gasteiger partial charge in [-0.05, 0) is 23.6 Å². The maximum atomic E-state index is 13.4. The third-order valence-electron chi connectivity index (χ3n) is 2.58. The first-order chi connectivity index (χ1) is 8.21. The second-order valence-corrected chi connectivity index (χ2v) is 5.22. The molecule has 0 aromatic heterocycles. The quantitative estimate of drug-likeness (QED) is 0.639. The summed E-state index contributed by atoms with van der Waals surface area (Å²) in [5.74, 6) is -1.53. The fourth-order valence-electron chi connectivity index (χ4n) is 1.18. The zero-order valence-corrected chi connectivity index (χ0v) is 10.7. The lowest BCUT2D eigenvalue weighted by Crippen LogP contribution is -2.31. The average molecular weight is 255 g/mol. The van der Waals surface area contributed by atoms with Crippen molar-refractivity contribution in [3.8, 4) is 0 Å². The first-order valence-electron chi connectivity index (χ1n) is 5.62. The van der Waals surface area contributed by atoms with E-state index in [4.69, 9.17) is 10.5 Å². The summed E-state index contributed by atoms with van der Waals surface area (Å²) in [6, 6.07) is 3.67. The van der Waals surface area contributed by atoms with Crippen LogP contribution >= 0.6 is 0 Å². The highest BCUT2D eigenvalue weighted by molar-refractivity contribution is 5.90. The summed E-state index contributed by atoms with van der Waals surface area (Å²) in [4.78, 5) is 11.6. The summed E-state index contributed by atoms with van der Waals surface area (Å²) in [6.45, 7) is 5.25. The monoisotopic (exact) mass is 255 g/mol. The van der Waals surface area contributed by atoms with E-state index in [9.17, 15) is 14.3 Å². The van der Waals surface area contributed by atoms with E-state index in [-0.39, 0.29) is 17.9 Å². The Morgan fingerprint density at radius 1 is 1.50 bits per heavy atom. The summed E-state index contributed by atoms with van der Waals surface area (Å²) in [5.41, 5.74) is 5.11. The van der Waals surface area contributed by atoms with Crippen LogP contribution in [0.1, 0.15) is 31.1 Å². The van der Waals surface area contributed by atoms with E-state index in [1.807, 2.05) is 20.8 Å². The molecule has 18 heavy (non-hydrogen) atoms. The number of benzene rings is 1. The lowest BCUT2D eigenvalue weighted by atomic mass is 9.90. The average Bonchev–Trinajstić information content (AvgIpc) is 2.27. The molecule has 5 heteroatoms. The molecule has 0 saturated heterocycles. The van der Waals surface area contributed by atoms with E-state index in [1.165, 1.54) is 12.1 Å². The van der Waals surface area contributed by atoms with Crippen molar-refractivity contribution in [2.75, 3.05) is 12.3 Å². The molecule has 1 aromatic rings. The predicted octanol–water partition coefficient (Wildman–Crippen LogP) is 1.97. The number of rotatable bonds is 3. The van der Waals surface area contributed by atoms with Gasteiger partial charge in [-0.3, -0.25) is 0 Å². The number of hydrogen-bond acceptors (Lipinski definition) is 4. The fraction of sp³-hybridized carbons (Fsp3) is 0.462. The molecule has 0 fully saturated rings. The second kappa shape index (κ2) is 5.35. The second-order valence-electron chi connectivity index (χ2n) is 5.22. The van der Waals surface area contributed by atoms with Crippen LogP contribution < -0.4 is 5.73 Å². The van der Waals surface area contributed by atoms with Gasteiger partial charge in [0.25, 0.3) is 0 Å². The summed E-state index contributed by atoms with van der Waals surface area (Å²) in [5, 5.41) is 9.71. The van der Waals surface area contributed by atoms with E-state index in [0.717, 1.165) is 6.07 Å². The van der Waals surface area contributed by atoms with Crippen molar-refractivity contribution in [2.24, 2.45) is 5.41 Å². The Kier molecular flexibility index (Phi) is 4.29. The van der Waals surface area contributed by atoms with E-state index in [2.05, 4.69) is 0 Å². The molecule has 100 valence electrons. The molecule has 1 unspecified atom stereocenters. The highest BCUT2D eigenvalue weighted by Gasteiger charge is 2.24. The summed E-state index contributed by atoms with van der Waals surface area (Å²) in [7, 11) is 0. The van der Waals surface area contributed by atoms with Gasteiger partial charge in [-0.25, -0.2) is 9.18 Å². The molecular formula is C13H18FNO3. The van der Waals surface area contributed by atoms with Gasteiger partial charge >= 0.3 is 5.97 Å². The standard InChI is InChI=1S/C13H18FNO3/c1-13(2,3)11(16)7-18-12(17)9-6-8(15)4-5-10(9)14/h4-6,11,16H,7,15H2,1-3H3. The van der Waals surface area contributed by atoms with Crippen LogP contribution in [0.2, 0.25) is 0 Å². The van der Waals surface area contributed by atoms with Gasteiger partial charge in [0, 0.05) is 5.69 Å². The van der Waals surface area contributed by atoms with Gasteiger partial charge in [0.15, 0.2) is 0 Å². The Bertz CT molecular complexity index is 440. The van der Waals surface area contributed by atoms with Crippen LogP contribution in [0.25, 0.3) is 0 Å². The molecule has 0 radical (unpaired) electrons. The largest absolute Gasteiger partial charge is 0.459 e. The van der Waals surface area contributed by atoms with E-state index in [1.54, 1.807) is 0 Å². The fourth-order valence-corrected chi connectivity index (χ4v) is 1.18. The molecule has 1 atom stereocenters. The number of nitrogens with two attached hydrogens (primary N) is 1. The Morgan fingerprint density at radius 3 is 2.67 bits per heavy atom. The number of halogens is 1. The third kappa shape index (κ3) is 3.70. The molecule has 0 saturated carbocycles. The van der Waals surface area contributed by atoms with Crippen molar-refractivity contribution in [3.05, 3.63) is 29.6 Å². The van der Waals surface area contributed by atoms with Crippen molar-refractivity contribution in [2.45, 2.75) is 26.9 Å². The van der Waals surface area contributed by atoms with Crippen molar-refractivity contribution in [1.29, 1.82) is 0 Å². The summed E-state index contributed by atoms with van der Waals surface area (Å²) in [6.07, 6.45) is -0.814. The normalized spacial score (nSPS) is 13.2. The van der Waals surface area contributed by atoms with Crippen LogP contribution in [0.4, 0.5) is 10.1 Å². The summed E-state index contributed by atoms with van der Waals surface area (Å²) < 4.78 is 18.2. The molecule has 1 aromatic carbocycles. The van der Waals surface area contributed by atoms with Crippen molar-refractivity contribution >= 4 is 11.7 Å². The highest BCUT2D eigenvalue weighted by Crippen LogP contribution is 2.20. The van der Waals surface area contributed by atoms with Gasteiger partial charge in [-0.15, -0.1) is 0 Å². The molecule has 0 amide bonds. The van der Waals surface area contributed by atoms with E-state index < -0.39 is 23.3 Å². The van der Waals surface area contributed by atoms with E-state index >= 15 is 0 Å². The number of nitrogen functional groups attached to an aromatic ring is 1. The lowest BCUT2D eigenvalue weighted by molar-refractivity contribution is -0.0106. The number of carbonyl (C=O) groups excluding carboxylic acids is 1. The molecule has 0 spiro atoms. The number of esters is 1. The molecule has 4 nitrogen and oxygen atoms in total. The Hall–Kier alpha value is -1.62. The SMILES string of the molecule is CC(C)(C)C(O)COC(=O)c1cc(N)ccc1F. The molecule has 3 N–H and O–H groups in total. The minimum atomic E-state index is -0.830. The first kappa shape index (κ1) is 14.4. The van der Waals surface area contributed by atoms with Crippen LogP contribution in [-0.2, 0) is 4.74 Å². The van der Waals surface area contributed by atoms with Crippen molar-refractivity contribution in [1.82, 2.24) is 0 Å². The Morgan fingerprint density at radius 2 is 2.11 bits per heavy atom.